The predicted molar refractivity (Wildman–Crippen MR) is 79.6 cm³/mol. The highest BCUT2D eigenvalue weighted by atomic mass is 16.4. The van der Waals surface area contributed by atoms with E-state index in [4.69, 9.17) is 5.11 Å². The van der Waals surface area contributed by atoms with Crippen molar-refractivity contribution in [1.29, 1.82) is 0 Å². The Morgan fingerprint density at radius 2 is 1.95 bits per heavy atom. The summed E-state index contributed by atoms with van der Waals surface area (Å²) >= 11 is 0. The smallest absolute Gasteiger partial charge is 0.328 e. The van der Waals surface area contributed by atoms with Crippen LogP contribution in [0.5, 0.6) is 0 Å². The molecule has 0 spiro atoms. The molecule has 4 heteroatoms. The third kappa shape index (κ3) is 4.23. The second-order valence-corrected chi connectivity index (χ2v) is 4.68. The summed E-state index contributed by atoms with van der Waals surface area (Å²) in [4.78, 5) is 24.6. The van der Waals surface area contributed by atoms with Crippen molar-refractivity contribution in [2.24, 2.45) is 0 Å². The van der Waals surface area contributed by atoms with Gasteiger partial charge in [0.2, 0.25) is 0 Å². The van der Waals surface area contributed by atoms with Crippen LogP contribution in [-0.4, -0.2) is 35.0 Å². The molecule has 4 nitrogen and oxygen atoms in total. The monoisotopic (exact) mass is 275 g/mol. The maximum Gasteiger partial charge on any atom is 0.328 e. The number of carboxylic acids is 1. The highest BCUT2D eigenvalue weighted by Gasteiger charge is 2.18. The molecule has 0 radical (unpaired) electrons. The van der Waals surface area contributed by atoms with Crippen LogP contribution < -0.4 is 0 Å². The van der Waals surface area contributed by atoms with Crippen LogP contribution in [-0.2, 0) is 4.79 Å². The van der Waals surface area contributed by atoms with Gasteiger partial charge in [-0.25, -0.2) is 4.79 Å². The highest BCUT2D eigenvalue weighted by molar-refractivity contribution is 5.95. The molecule has 0 heterocycles. The molecule has 108 valence electrons. The molecule has 0 bridgehead atoms. The number of nitrogens with zero attached hydrogens (tertiary/aromatic N) is 1. The van der Waals surface area contributed by atoms with Gasteiger partial charge in [0.25, 0.3) is 5.91 Å². The molecule has 0 aromatic heterocycles. The Morgan fingerprint density at radius 1 is 1.30 bits per heavy atom. The van der Waals surface area contributed by atoms with E-state index in [1.54, 1.807) is 36.2 Å². The zero-order valence-corrected chi connectivity index (χ0v) is 12.2. The van der Waals surface area contributed by atoms with Crippen molar-refractivity contribution >= 4 is 18.0 Å². The van der Waals surface area contributed by atoms with Crippen LogP contribution in [0.3, 0.4) is 0 Å². The first-order valence-corrected chi connectivity index (χ1v) is 6.77. The Kier molecular flexibility index (Phi) is 5.97. The molecule has 1 rings (SSSR count). The summed E-state index contributed by atoms with van der Waals surface area (Å²) < 4.78 is 0. The van der Waals surface area contributed by atoms with E-state index in [0.29, 0.717) is 11.1 Å². The Labute approximate surface area is 119 Å². The third-order valence-electron chi connectivity index (χ3n) is 3.36. The number of aliphatic carboxylic acids is 1. The van der Waals surface area contributed by atoms with Crippen LogP contribution in [0.4, 0.5) is 0 Å². The number of rotatable bonds is 6. The van der Waals surface area contributed by atoms with E-state index in [0.717, 1.165) is 18.9 Å². The standard InChI is InChI=1S/C16H21NO3/c1-4-14(5-2)17(3)16(20)13-8-6-7-12(11-13)9-10-15(18)19/h6-11,14H,4-5H2,1-3H3,(H,18,19). The van der Waals surface area contributed by atoms with E-state index < -0.39 is 5.97 Å². The predicted octanol–water partition coefficient (Wildman–Crippen LogP) is 3.05. The van der Waals surface area contributed by atoms with E-state index in [2.05, 4.69) is 13.8 Å². The lowest BCUT2D eigenvalue weighted by Crippen LogP contribution is -2.36. The lowest BCUT2D eigenvalue weighted by atomic mass is 10.1. The summed E-state index contributed by atoms with van der Waals surface area (Å²) in [5.41, 5.74) is 1.28. The van der Waals surface area contributed by atoms with Gasteiger partial charge in [-0.1, -0.05) is 26.0 Å². The fourth-order valence-electron chi connectivity index (χ4n) is 2.15. The number of carbonyl (C=O) groups excluding carboxylic acids is 1. The van der Waals surface area contributed by atoms with E-state index >= 15 is 0 Å². The Morgan fingerprint density at radius 3 is 2.50 bits per heavy atom. The number of carboxylic acid groups (broad SMARTS) is 1. The zero-order chi connectivity index (χ0) is 15.1. The molecule has 0 aliphatic heterocycles. The van der Waals surface area contributed by atoms with Crippen LogP contribution in [0.1, 0.15) is 42.6 Å². The fraction of sp³-hybridized carbons (Fsp3) is 0.375. The molecule has 20 heavy (non-hydrogen) atoms. The minimum absolute atomic E-state index is 0.0377. The molecule has 1 N–H and O–H groups in total. The maximum atomic E-state index is 12.4. The minimum Gasteiger partial charge on any atom is -0.478 e. The van der Waals surface area contributed by atoms with Crippen LogP contribution in [0.2, 0.25) is 0 Å². The summed E-state index contributed by atoms with van der Waals surface area (Å²) in [5, 5.41) is 8.62. The molecule has 1 aromatic rings. The van der Waals surface area contributed by atoms with Gasteiger partial charge in [0.1, 0.15) is 0 Å². The summed E-state index contributed by atoms with van der Waals surface area (Å²) in [7, 11) is 1.81. The molecule has 0 fully saturated rings. The van der Waals surface area contributed by atoms with Crippen molar-refractivity contribution in [2.45, 2.75) is 32.7 Å². The number of hydrogen-bond acceptors (Lipinski definition) is 2. The number of benzene rings is 1. The summed E-state index contributed by atoms with van der Waals surface area (Å²) in [5.74, 6) is -1.04. The quantitative estimate of drug-likeness (QED) is 0.812. The second kappa shape index (κ2) is 7.48. The molecule has 0 saturated heterocycles. The number of amides is 1. The molecular weight excluding hydrogens is 254 g/mol. The highest BCUT2D eigenvalue weighted by Crippen LogP contribution is 2.13. The van der Waals surface area contributed by atoms with E-state index in [1.165, 1.54) is 6.08 Å². The van der Waals surface area contributed by atoms with Crippen molar-refractivity contribution < 1.29 is 14.7 Å². The number of carbonyl (C=O) groups is 2. The molecule has 0 saturated carbocycles. The largest absolute Gasteiger partial charge is 0.478 e. The lowest BCUT2D eigenvalue weighted by Gasteiger charge is -2.26. The Balaban J connectivity index is 2.93. The molecule has 1 aromatic carbocycles. The van der Waals surface area contributed by atoms with Gasteiger partial charge in [-0.05, 0) is 36.6 Å². The van der Waals surface area contributed by atoms with Crippen molar-refractivity contribution in [3.05, 3.63) is 41.5 Å². The van der Waals surface area contributed by atoms with E-state index in [-0.39, 0.29) is 11.9 Å². The SMILES string of the molecule is CCC(CC)N(C)C(=O)c1cccc(C=CC(=O)O)c1. The maximum absolute atomic E-state index is 12.4. The average Bonchev–Trinajstić information content (AvgIpc) is 2.45. The Bertz CT molecular complexity index is 504. The molecule has 0 aliphatic carbocycles. The van der Waals surface area contributed by atoms with Gasteiger partial charge < -0.3 is 10.0 Å². The van der Waals surface area contributed by atoms with Crippen LogP contribution in [0.25, 0.3) is 6.08 Å². The van der Waals surface area contributed by atoms with Gasteiger partial charge in [-0.2, -0.15) is 0 Å². The first-order valence-electron chi connectivity index (χ1n) is 6.77. The van der Waals surface area contributed by atoms with Crippen molar-refractivity contribution in [3.8, 4) is 0 Å². The minimum atomic E-state index is -1.00. The van der Waals surface area contributed by atoms with Crippen LogP contribution >= 0.6 is 0 Å². The zero-order valence-electron chi connectivity index (χ0n) is 12.2. The van der Waals surface area contributed by atoms with Crippen molar-refractivity contribution in [1.82, 2.24) is 4.90 Å². The molecule has 0 unspecified atom stereocenters. The van der Waals surface area contributed by atoms with E-state index in [1.807, 2.05) is 0 Å². The van der Waals surface area contributed by atoms with Gasteiger partial charge >= 0.3 is 5.97 Å². The summed E-state index contributed by atoms with van der Waals surface area (Å²) in [6.07, 6.45) is 4.37. The Hall–Kier alpha value is -2.10. The average molecular weight is 275 g/mol. The normalized spacial score (nSPS) is 11.0. The molecular formula is C16H21NO3. The van der Waals surface area contributed by atoms with Crippen LogP contribution in [0.15, 0.2) is 30.3 Å². The van der Waals surface area contributed by atoms with E-state index in [9.17, 15) is 9.59 Å². The van der Waals surface area contributed by atoms with Gasteiger partial charge in [-0.15, -0.1) is 0 Å². The van der Waals surface area contributed by atoms with Gasteiger partial charge in [0.05, 0.1) is 0 Å². The fourth-order valence-corrected chi connectivity index (χ4v) is 2.15. The summed E-state index contributed by atoms with van der Waals surface area (Å²) in [6, 6.07) is 7.21. The molecule has 0 aliphatic rings. The number of hydrogen-bond donors (Lipinski definition) is 1. The van der Waals surface area contributed by atoms with Crippen molar-refractivity contribution in [3.63, 3.8) is 0 Å². The third-order valence-corrected chi connectivity index (χ3v) is 3.36. The van der Waals surface area contributed by atoms with Gasteiger partial charge in [0, 0.05) is 24.7 Å². The first kappa shape index (κ1) is 16.0. The second-order valence-electron chi connectivity index (χ2n) is 4.68. The van der Waals surface area contributed by atoms with Crippen LogP contribution in [0, 0.1) is 0 Å². The summed E-state index contributed by atoms with van der Waals surface area (Å²) in [6.45, 7) is 4.12. The van der Waals surface area contributed by atoms with Crippen molar-refractivity contribution in [2.75, 3.05) is 7.05 Å². The van der Waals surface area contributed by atoms with Gasteiger partial charge in [-0.3, -0.25) is 4.79 Å². The first-order chi connectivity index (χ1) is 9.49. The lowest BCUT2D eigenvalue weighted by molar-refractivity contribution is -0.131. The molecule has 0 atom stereocenters. The van der Waals surface area contributed by atoms with Gasteiger partial charge in [0.15, 0.2) is 0 Å². The topological polar surface area (TPSA) is 57.6 Å². The molecule has 1 amide bonds.